The Hall–Kier alpha value is -1.50. The Balaban J connectivity index is 3.36. The highest BCUT2D eigenvalue weighted by molar-refractivity contribution is 9.09. The van der Waals surface area contributed by atoms with Crippen LogP contribution in [-0.2, 0) is 0 Å². The van der Waals surface area contributed by atoms with Crippen LogP contribution in [0.2, 0.25) is 0 Å². The van der Waals surface area contributed by atoms with Gasteiger partial charge in [0.05, 0.1) is 15.8 Å². The summed E-state index contributed by atoms with van der Waals surface area (Å²) in [5, 5.41) is 19.3. The van der Waals surface area contributed by atoms with Crippen molar-refractivity contribution in [2.45, 2.75) is 0 Å². The molecule has 0 aliphatic heterocycles. The second-order valence-corrected chi connectivity index (χ2v) is 3.20. The molecule has 0 fully saturated rings. The van der Waals surface area contributed by atoms with Gasteiger partial charge in [-0.15, -0.1) is 0 Å². The number of carbonyl (C=O) groups excluding carboxylic acids is 1. The molecule has 0 saturated heterocycles. The maximum Gasteiger partial charge on any atom is 0.311 e. The first kappa shape index (κ1) is 11.6. The molecule has 1 N–H and O–H groups in total. The van der Waals surface area contributed by atoms with Gasteiger partial charge in [0.25, 0.3) is 0 Å². The molecule has 0 aromatic heterocycles. The van der Waals surface area contributed by atoms with E-state index in [1.165, 1.54) is 0 Å². The summed E-state index contributed by atoms with van der Waals surface area (Å²) < 4.78 is 13.1. The predicted octanol–water partition coefficient (Wildman–Crippen LogP) is 2.02. The van der Waals surface area contributed by atoms with Crippen LogP contribution in [0.4, 0.5) is 10.1 Å². The van der Waals surface area contributed by atoms with E-state index in [2.05, 4.69) is 15.9 Å². The summed E-state index contributed by atoms with van der Waals surface area (Å²) in [6.45, 7) is 0. The first-order valence-electron chi connectivity index (χ1n) is 3.73. The second-order valence-electron chi connectivity index (χ2n) is 2.63. The van der Waals surface area contributed by atoms with Gasteiger partial charge in [-0.2, -0.15) is 0 Å². The first-order valence-corrected chi connectivity index (χ1v) is 4.85. The number of nitro benzene ring substituents is 1. The number of aromatic hydroxyl groups is 1. The van der Waals surface area contributed by atoms with Gasteiger partial charge in [-0.1, -0.05) is 15.9 Å². The molecule has 0 spiro atoms. The van der Waals surface area contributed by atoms with Crippen LogP contribution >= 0.6 is 15.9 Å². The highest BCUT2D eigenvalue weighted by Crippen LogP contribution is 2.28. The molecule has 0 bridgehead atoms. The first-order chi connectivity index (χ1) is 6.97. The second kappa shape index (κ2) is 4.35. The van der Waals surface area contributed by atoms with Crippen LogP contribution in [-0.4, -0.2) is 21.1 Å². The normalized spacial score (nSPS) is 10.0. The number of benzene rings is 1. The van der Waals surface area contributed by atoms with E-state index in [9.17, 15) is 19.3 Å². The van der Waals surface area contributed by atoms with E-state index in [0.717, 1.165) is 0 Å². The van der Waals surface area contributed by atoms with Gasteiger partial charge in [0.2, 0.25) is 0 Å². The van der Waals surface area contributed by atoms with Crippen molar-refractivity contribution >= 4 is 27.4 Å². The molecule has 0 unspecified atom stereocenters. The van der Waals surface area contributed by atoms with Crippen LogP contribution in [0.1, 0.15) is 10.4 Å². The lowest BCUT2D eigenvalue weighted by molar-refractivity contribution is -0.385. The van der Waals surface area contributed by atoms with Crippen molar-refractivity contribution in [3.8, 4) is 5.75 Å². The average molecular weight is 278 g/mol. The van der Waals surface area contributed by atoms with Crippen molar-refractivity contribution in [1.82, 2.24) is 0 Å². The fraction of sp³-hybridized carbons (Fsp3) is 0.125. The van der Waals surface area contributed by atoms with Crippen molar-refractivity contribution in [3.63, 3.8) is 0 Å². The number of alkyl halides is 1. The van der Waals surface area contributed by atoms with Crippen LogP contribution in [0.5, 0.6) is 5.75 Å². The molecule has 1 rings (SSSR count). The van der Waals surface area contributed by atoms with E-state index >= 15 is 0 Å². The number of carbonyl (C=O) groups is 1. The number of hydrogen-bond acceptors (Lipinski definition) is 4. The minimum absolute atomic E-state index is 0.147. The molecule has 1 aromatic carbocycles. The number of nitrogens with zero attached hydrogens (tertiary/aromatic N) is 1. The highest BCUT2D eigenvalue weighted by atomic mass is 79.9. The van der Waals surface area contributed by atoms with E-state index in [-0.39, 0.29) is 5.33 Å². The molecule has 0 saturated carbocycles. The number of Topliss-reactive ketones (excluding diaryl/α,β-unsaturated/α-hetero) is 1. The van der Waals surface area contributed by atoms with E-state index in [0.29, 0.717) is 12.1 Å². The molecular formula is C8H5BrFNO4. The SMILES string of the molecule is O=C(CBr)c1cc([N+](=O)[O-])c(O)cc1F. The molecule has 0 atom stereocenters. The fourth-order valence-corrected chi connectivity index (χ4v) is 1.29. The lowest BCUT2D eigenvalue weighted by Crippen LogP contribution is -2.04. The van der Waals surface area contributed by atoms with E-state index in [1.807, 2.05) is 0 Å². The van der Waals surface area contributed by atoms with E-state index in [4.69, 9.17) is 5.11 Å². The Kier molecular flexibility index (Phi) is 3.35. The van der Waals surface area contributed by atoms with Gasteiger partial charge in [0.15, 0.2) is 11.5 Å². The number of hydrogen-bond donors (Lipinski definition) is 1. The van der Waals surface area contributed by atoms with Gasteiger partial charge < -0.3 is 5.11 Å². The van der Waals surface area contributed by atoms with Crippen molar-refractivity contribution in [2.75, 3.05) is 5.33 Å². The van der Waals surface area contributed by atoms with E-state index < -0.39 is 33.5 Å². The molecule has 1 aromatic rings. The van der Waals surface area contributed by atoms with Gasteiger partial charge in [-0.3, -0.25) is 14.9 Å². The molecule has 80 valence electrons. The third-order valence-corrected chi connectivity index (χ3v) is 2.19. The zero-order valence-electron chi connectivity index (χ0n) is 7.24. The van der Waals surface area contributed by atoms with Crippen molar-refractivity contribution in [3.05, 3.63) is 33.6 Å². The number of ketones is 1. The van der Waals surface area contributed by atoms with Gasteiger partial charge in [-0.05, 0) is 0 Å². The Morgan fingerprint density at radius 3 is 2.67 bits per heavy atom. The predicted molar refractivity (Wildman–Crippen MR) is 52.8 cm³/mol. The monoisotopic (exact) mass is 277 g/mol. The number of phenolic OH excluding ortho intramolecular Hbond substituents is 1. The zero-order chi connectivity index (χ0) is 11.6. The highest BCUT2D eigenvalue weighted by Gasteiger charge is 2.20. The van der Waals surface area contributed by atoms with Crippen LogP contribution < -0.4 is 0 Å². The minimum atomic E-state index is -0.984. The summed E-state index contributed by atoms with van der Waals surface area (Å²) in [4.78, 5) is 20.6. The van der Waals surface area contributed by atoms with Gasteiger partial charge in [0, 0.05) is 12.1 Å². The summed E-state index contributed by atoms with van der Waals surface area (Å²) in [7, 11) is 0. The number of rotatable bonds is 3. The molecule has 0 heterocycles. The molecular weight excluding hydrogens is 273 g/mol. The molecule has 0 amide bonds. The zero-order valence-corrected chi connectivity index (χ0v) is 8.82. The smallest absolute Gasteiger partial charge is 0.311 e. The standard InChI is InChI=1S/C8H5BrFNO4/c9-3-8(13)4-1-6(11(14)15)7(12)2-5(4)10/h1-2,12H,3H2. The van der Waals surface area contributed by atoms with Gasteiger partial charge in [0.1, 0.15) is 5.82 Å². The van der Waals surface area contributed by atoms with Gasteiger partial charge in [-0.25, -0.2) is 4.39 Å². The van der Waals surface area contributed by atoms with Crippen LogP contribution in [0, 0.1) is 15.9 Å². The molecule has 7 heteroatoms. The maximum atomic E-state index is 13.1. The van der Waals surface area contributed by atoms with Crippen LogP contribution in [0.15, 0.2) is 12.1 Å². The Bertz CT molecular complexity index is 435. The number of phenols is 1. The molecule has 0 radical (unpaired) electrons. The topological polar surface area (TPSA) is 80.4 Å². The number of nitro groups is 1. The number of halogens is 2. The average Bonchev–Trinajstić information content (AvgIpc) is 2.16. The molecule has 0 aliphatic carbocycles. The Morgan fingerprint density at radius 1 is 1.60 bits per heavy atom. The largest absolute Gasteiger partial charge is 0.502 e. The molecule has 0 aliphatic rings. The summed E-state index contributed by atoms with van der Waals surface area (Å²) in [5.41, 5.74) is -1.11. The third-order valence-electron chi connectivity index (χ3n) is 1.68. The van der Waals surface area contributed by atoms with Crippen molar-refractivity contribution in [2.24, 2.45) is 0 Å². The maximum absolute atomic E-state index is 13.1. The van der Waals surface area contributed by atoms with Crippen LogP contribution in [0.25, 0.3) is 0 Å². The lowest BCUT2D eigenvalue weighted by Gasteiger charge is -2.01. The lowest BCUT2D eigenvalue weighted by atomic mass is 10.1. The van der Waals surface area contributed by atoms with E-state index in [1.54, 1.807) is 0 Å². The summed E-state index contributed by atoms with van der Waals surface area (Å²) in [6, 6.07) is 1.27. The van der Waals surface area contributed by atoms with Crippen molar-refractivity contribution in [1.29, 1.82) is 0 Å². The molecule has 5 nitrogen and oxygen atoms in total. The third kappa shape index (κ3) is 2.30. The Morgan fingerprint density at radius 2 is 2.20 bits per heavy atom. The summed E-state index contributed by atoms with van der Waals surface area (Å²) in [5.74, 6) is -2.42. The molecule has 15 heavy (non-hydrogen) atoms. The van der Waals surface area contributed by atoms with Gasteiger partial charge >= 0.3 is 5.69 Å². The summed E-state index contributed by atoms with van der Waals surface area (Å²) in [6.07, 6.45) is 0. The minimum Gasteiger partial charge on any atom is -0.502 e. The van der Waals surface area contributed by atoms with Crippen LogP contribution in [0.3, 0.4) is 0 Å². The summed E-state index contributed by atoms with van der Waals surface area (Å²) >= 11 is 2.82. The van der Waals surface area contributed by atoms with Crippen molar-refractivity contribution < 1.29 is 19.2 Å². The Labute approximate surface area is 91.8 Å². The fourth-order valence-electron chi connectivity index (χ4n) is 0.983. The quantitative estimate of drug-likeness (QED) is 0.397.